The molecule has 3 aromatic carbocycles. The van der Waals surface area contributed by atoms with E-state index >= 15 is 4.57 Å². The molecular weight excluding hydrogens is 414 g/mol. The fourth-order valence-corrected chi connectivity index (χ4v) is 7.87. The van der Waals surface area contributed by atoms with Gasteiger partial charge in [0.05, 0.1) is 0 Å². The minimum absolute atomic E-state index is 0.342. The Morgan fingerprint density at radius 3 is 1.47 bits per heavy atom. The predicted octanol–water partition coefficient (Wildman–Crippen LogP) is 3.38. The molecule has 158 valence electrons. The highest BCUT2D eigenvalue weighted by Gasteiger charge is 2.41. The van der Waals surface area contributed by atoms with Crippen LogP contribution in [0.2, 0.25) is 0 Å². The third-order valence-electron chi connectivity index (χ3n) is 6.12. The average molecular weight is 437 g/mol. The van der Waals surface area contributed by atoms with Crippen molar-refractivity contribution in [1.82, 2.24) is 19.4 Å². The van der Waals surface area contributed by atoms with E-state index in [4.69, 9.17) is 0 Å². The summed E-state index contributed by atoms with van der Waals surface area (Å²) >= 11 is 0. The van der Waals surface area contributed by atoms with Crippen LogP contribution in [0.25, 0.3) is 0 Å². The van der Waals surface area contributed by atoms with Crippen LogP contribution in [0.15, 0.2) is 128 Å². The normalized spacial score (nSPS) is 12.0. The van der Waals surface area contributed by atoms with Crippen LogP contribution in [0.3, 0.4) is 0 Å². The SMILES string of the molecule is O=P(C[B-](c1ccccc1)(n1cccn1)n1cccn1)(c1ccccc1)c1ccccc1. The Labute approximate surface area is 187 Å². The van der Waals surface area contributed by atoms with Gasteiger partial charge in [0.1, 0.15) is 7.14 Å². The van der Waals surface area contributed by atoms with Crippen molar-refractivity contribution < 1.29 is 4.57 Å². The van der Waals surface area contributed by atoms with E-state index in [-0.39, 0.29) is 0 Å². The third-order valence-corrected chi connectivity index (χ3v) is 9.40. The maximum absolute atomic E-state index is 15.1. The van der Waals surface area contributed by atoms with E-state index in [1.54, 1.807) is 12.4 Å². The summed E-state index contributed by atoms with van der Waals surface area (Å²) in [4.78, 5) is 0. The Kier molecular flexibility index (Phi) is 5.38. The van der Waals surface area contributed by atoms with Crippen molar-refractivity contribution in [2.45, 2.75) is 0 Å². The Morgan fingerprint density at radius 1 is 0.625 bits per heavy atom. The van der Waals surface area contributed by atoms with Crippen molar-refractivity contribution in [3.63, 3.8) is 0 Å². The van der Waals surface area contributed by atoms with Crippen molar-refractivity contribution in [3.05, 3.63) is 128 Å². The molecule has 0 amide bonds. The lowest BCUT2D eigenvalue weighted by molar-refractivity contribution is 0.588. The van der Waals surface area contributed by atoms with Gasteiger partial charge in [0.2, 0.25) is 0 Å². The first-order chi connectivity index (χ1) is 15.7. The molecule has 2 heterocycles. The fourth-order valence-electron chi connectivity index (χ4n) is 4.58. The summed E-state index contributed by atoms with van der Waals surface area (Å²) in [7, 11) is -3.09. The second kappa shape index (κ2) is 8.48. The molecule has 32 heavy (non-hydrogen) atoms. The van der Waals surface area contributed by atoms with Crippen molar-refractivity contribution in [1.29, 1.82) is 0 Å². The molecule has 5 rings (SSSR count). The molecule has 0 fully saturated rings. The average Bonchev–Trinajstić information content (AvgIpc) is 3.60. The molecule has 0 aliphatic carbocycles. The molecule has 5 aromatic rings. The lowest BCUT2D eigenvalue weighted by atomic mass is 9.43. The van der Waals surface area contributed by atoms with E-state index in [2.05, 4.69) is 22.3 Å². The zero-order valence-electron chi connectivity index (χ0n) is 17.6. The van der Waals surface area contributed by atoms with Crippen LogP contribution >= 0.6 is 7.14 Å². The summed E-state index contributed by atoms with van der Waals surface area (Å²) in [5.74, 6) is 0. The van der Waals surface area contributed by atoms with Crippen molar-refractivity contribution >= 4 is 29.6 Å². The fraction of sp³-hybridized carbons (Fsp3) is 0.0400. The molecule has 0 N–H and O–H groups in total. The summed E-state index contributed by atoms with van der Waals surface area (Å²) in [6.07, 6.45) is 5.56. The summed E-state index contributed by atoms with van der Waals surface area (Å²) < 4.78 is 19.0. The highest BCUT2D eigenvalue weighted by atomic mass is 31.2. The maximum Gasteiger partial charge on any atom is 0.259 e. The third kappa shape index (κ3) is 3.43. The second-order valence-corrected chi connectivity index (χ2v) is 10.8. The quantitative estimate of drug-likeness (QED) is 0.290. The molecule has 2 aromatic heterocycles. The minimum Gasteiger partial charge on any atom is -0.417 e. The molecule has 0 aliphatic rings. The Morgan fingerprint density at radius 2 is 1.06 bits per heavy atom. The van der Waals surface area contributed by atoms with Gasteiger partial charge in [0.25, 0.3) is 6.42 Å². The van der Waals surface area contributed by atoms with Crippen molar-refractivity contribution in [2.24, 2.45) is 0 Å². The standard InChI is InChI=1S/C25H23BN4OP/c31-32(24-14-6-2-7-15-24,25-16-8-3-9-17-25)22-26(29-20-10-18-27-29,30-21-11-19-28-30)23-12-4-1-5-13-23/h1-21H,22H2/q-1. The first kappa shape index (κ1) is 20.3. The van der Waals surface area contributed by atoms with Gasteiger partial charge < -0.3 is 13.8 Å². The molecule has 0 saturated heterocycles. The van der Waals surface area contributed by atoms with E-state index in [1.165, 1.54) is 0 Å². The van der Waals surface area contributed by atoms with E-state index in [0.717, 1.165) is 16.1 Å². The van der Waals surface area contributed by atoms with Gasteiger partial charge in [-0.3, -0.25) is 0 Å². The Bertz CT molecular complexity index is 1230. The minimum atomic E-state index is -3.09. The van der Waals surface area contributed by atoms with E-state index < -0.39 is 13.6 Å². The molecular formula is C25H23BN4OP-. The first-order valence-corrected chi connectivity index (χ1v) is 12.5. The van der Waals surface area contributed by atoms with Gasteiger partial charge in [0, 0.05) is 23.0 Å². The first-order valence-electron chi connectivity index (χ1n) is 10.7. The predicted molar refractivity (Wildman–Crippen MR) is 132 cm³/mol. The largest absolute Gasteiger partial charge is 0.417 e. The Hall–Kier alpha value is -3.63. The number of nitrogens with zero attached hydrogens (tertiary/aromatic N) is 4. The number of aromatic nitrogens is 4. The van der Waals surface area contributed by atoms with Crippen LogP contribution in [0.5, 0.6) is 0 Å². The van der Waals surface area contributed by atoms with Gasteiger partial charge in [-0.15, -0.1) is 0 Å². The van der Waals surface area contributed by atoms with Gasteiger partial charge in [-0.05, 0) is 24.5 Å². The molecule has 0 saturated carbocycles. The monoisotopic (exact) mass is 437 g/mol. The zero-order chi connectivity index (χ0) is 21.9. The van der Waals surface area contributed by atoms with Crippen LogP contribution in [0.1, 0.15) is 0 Å². The van der Waals surface area contributed by atoms with Gasteiger partial charge in [-0.2, -0.15) is 5.46 Å². The van der Waals surface area contributed by atoms with E-state index in [0.29, 0.717) is 6.06 Å². The summed E-state index contributed by atoms with van der Waals surface area (Å²) in [5.41, 5.74) is 1.02. The second-order valence-electron chi connectivity index (χ2n) is 7.92. The van der Waals surface area contributed by atoms with Gasteiger partial charge in [0.15, 0.2) is 0 Å². The summed E-state index contributed by atoms with van der Waals surface area (Å²) in [6.45, 7) is 0. The number of hydrogen-bond donors (Lipinski definition) is 0. The van der Waals surface area contributed by atoms with Crippen LogP contribution in [0, 0.1) is 0 Å². The molecule has 0 unspecified atom stereocenters. The Balaban J connectivity index is 1.81. The highest BCUT2D eigenvalue weighted by molar-refractivity contribution is 7.80. The molecule has 0 atom stereocenters. The molecule has 0 spiro atoms. The molecule has 5 nitrogen and oxygen atoms in total. The zero-order valence-corrected chi connectivity index (χ0v) is 18.4. The molecule has 0 radical (unpaired) electrons. The lowest BCUT2D eigenvalue weighted by Crippen LogP contribution is -2.65. The van der Waals surface area contributed by atoms with Crippen molar-refractivity contribution in [2.75, 3.05) is 6.06 Å². The molecule has 0 bridgehead atoms. The van der Waals surface area contributed by atoms with Crippen LogP contribution < -0.4 is 16.1 Å². The maximum atomic E-state index is 15.1. The highest BCUT2D eigenvalue weighted by Crippen LogP contribution is 2.45. The topological polar surface area (TPSA) is 52.7 Å². The van der Waals surface area contributed by atoms with Crippen LogP contribution in [0.4, 0.5) is 0 Å². The number of hydrogen-bond acceptors (Lipinski definition) is 3. The lowest BCUT2D eigenvalue weighted by Gasteiger charge is -2.44. The molecule has 7 heteroatoms. The van der Waals surface area contributed by atoms with Gasteiger partial charge >= 0.3 is 0 Å². The number of rotatable bonds is 7. The van der Waals surface area contributed by atoms with E-state index in [9.17, 15) is 0 Å². The van der Waals surface area contributed by atoms with E-state index in [1.807, 2.05) is 113 Å². The number of benzene rings is 3. The summed E-state index contributed by atoms with van der Waals surface area (Å²) in [5, 5.41) is 11.0. The van der Waals surface area contributed by atoms with Gasteiger partial charge in [-0.1, -0.05) is 97.1 Å². The van der Waals surface area contributed by atoms with Crippen LogP contribution in [-0.2, 0) is 4.57 Å². The van der Waals surface area contributed by atoms with Gasteiger partial charge in [-0.25, -0.2) is 10.2 Å². The van der Waals surface area contributed by atoms with Crippen molar-refractivity contribution in [3.8, 4) is 0 Å². The smallest absolute Gasteiger partial charge is 0.259 e. The summed E-state index contributed by atoms with van der Waals surface area (Å²) in [6, 6.07) is 33.9. The molecule has 0 aliphatic heterocycles. The van der Waals surface area contributed by atoms with Crippen LogP contribution in [-0.4, -0.2) is 31.9 Å².